The van der Waals surface area contributed by atoms with E-state index in [0.717, 1.165) is 0 Å². The molecular formula is C11H17N3O4. The monoisotopic (exact) mass is 255 g/mol. The van der Waals surface area contributed by atoms with Gasteiger partial charge in [0.2, 0.25) is 0 Å². The van der Waals surface area contributed by atoms with Crippen molar-refractivity contribution in [2.45, 2.75) is 31.8 Å². The number of aliphatic hydroxyl groups is 2. The van der Waals surface area contributed by atoms with Crippen molar-refractivity contribution in [3.05, 3.63) is 22.7 Å². The summed E-state index contributed by atoms with van der Waals surface area (Å²) < 4.78 is 6.71. The average Bonchev–Trinajstić information content (AvgIpc) is 2.52. The van der Waals surface area contributed by atoms with Crippen molar-refractivity contribution in [1.82, 2.24) is 9.55 Å². The molecular weight excluding hydrogens is 238 g/mol. The molecule has 2 unspecified atom stereocenters. The lowest BCUT2D eigenvalue weighted by Gasteiger charge is -2.28. The Bertz CT molecular complexity index is 499. The summed E-state index contributed by atoms with van der Waals surface area (Å²) in [5.41, 5.74) is 3.55. The Morgan fingerprint density at radius 1 is 1.67 bits per heavy atom. The third kappa shape index (κ3) is 1.90. The van der Waals surface area contributed by atoms with Crippen LogP contribution in [0.2, 0.25) is 0 Å². The predicted octanol–water partition coefficient (Wildman–Crippen LogP) is -0.898. The fourth-order valence-corrected chi connectivity index (χ4v) is 2.18. The minimum atomic E-state index is -1.27. The molecule has 100 valence electrons. The number of nitrogens with two attached hydrogens (primary N) is 1. The fourth-order valence-electron chi connectivity index (χ4n) is 2.18. The number of rotatable bonds is 2. The van der Waals surface area contributed by atoms with Crippen LogP contribution < -0.4 is 11.4 Å². The van der Waals surface area contributed by atoms with Gasteiger partial charge >= 0.3 is 5.69 Å². The van der Waals surface area contributed by atoms with Crippen LogP contribution in [0.4, 0.5) is 5.82 Å². The first-order chi connectivity index (χ1) is 8.37. The summed E-state index contributed by atoms with van der Waals surface area (Å²) in [6.07, 6.45) is 0.0238. The van der Waals surface area contributed by atoms with Crippen molar-refractivity contribution in [2.75, 3.05) is 12.3 Å². The largest absolute Gasteiger partial charge is 0.394 e. The Balaban J connectivity index is 2.42. The number of anilines is 1. The molecule has 4 N–H and O–H groups in total. The molecule has 0 spiro atoms. The van der Waals surface area contributed by atoms with E-state index in [0.29, 0.717) is 0 Å². The number of hydrogen-bond acceptors (Lipinski definition) is 6. The second-order valence-electron chi connectivity index (χ2n) is 4.77. The van der Waals surface area contributed by atoms with Gasteiger partial charge in [0, 0.05) is 12.1 Å². The molecule has 1 fully saturated rings. The quantitative estimate of drug-likeness (QED) is 0.631. The first kappa shape index (κ1) is 13.0. The summed E-state index contributed by atoms with van der Waals surface area (Å²) in [6.45, 7) is 3.11. The Labute approximate surface area is 104 Å². The van der Waals surface area contributed by atoms with Gasteiger partial charge in [-0.25, -0.2) is 4.79 Å². The standard InChI is InChI=1S/C11H17N3O4/c1-6-7(5-15)18-9(11(6,2)17)14-4-3-8(12)13-10(14)16/h3-4,6-7,9,15,17H,5H2,1-2H3,(H2,12,13,16)/t6?,7-,9-,11?/m1/s1. The lowest BCUT2D eigenvalue weighted by atomic mass is 9.88. The molecule has 0 bridgehead atoms. The molecule has 7 nitrogen and oxygen atoms in total. The minimum Gasteiger partial charge on any atom is -0.394 e. The molecule has 0 radical (unpaired) electrons. The number of ether oxygens (including phenoxy) is 1. The van der Waals surface area contributed by atoms with Gasteiger partial charge in [0.05, 0.1) is 12.7 Å². The molecule has 0 aliphatic carbocycles. The Morgan fingerprint density at radius 2 is 2.33 bits per heavy atom. The van der Waals surface area contributed by atoms with E-state index in [9.17, 15) is 15.0 Å². The number of hydrogen-bond donors (Lipinski definition) is 3. The van der Waals surface area contributed by atoms with Crippen LogP contribution in [0.25, 0.3) is 0 Å². The summed E-state index contributed by atoms with van der Waals surface area (Å²) in [6, 6.07) is 1.46. The van der Waals surface area contributed by atoms with Gasteiger partial charge in [-0.2, -0.15) is 4.98 Å². The molecule has 2 heterocycles. The smallest absolute Gasteiger partial charge is 0.351 e. The van der Waals surface area contributed by atoms with E-state index in [2.05, 4.69) is 4.98 Å². The van der Waals surface area contributed by atoms with Crippen molar-refractivity contribution in [1.29, 1.82) is 0 Å². The summed E-state index contributed by atoms with van der Waals surface area (Å²) in [5, 5.41) is 19.6. The maximum Gasteiger partial charge on any atom is 0.351 e. The fraction of sp³-hybridized carbons (Fsp3) is 0.636. The zero-order valence-corrected chi connectivity index (χ0v) is 10.3. The van der Waals surface area contributed by atoms with Crippen molar-refractivity contribution in [3.8, 4) is 0 Å². The molecule has 1 aliphatic rings. The highest BCUT2D eigenvalue weighted by molar-refractivity contribution is 5.23. The Morgan fingerprint density at radius 3 is 2.83 bits per heavy atom. The Hall–Kier alpha value is -1.44. The second-order valence-corrected chi connectivity index (χ2v) is 4.77. The molecule has 18 heavy (non-hydrogen) atoms. The topological polar surface area (TPSA) is 111 Å². The lowest BCUT2D eigenvalue weighted by Crippen LogP contribution is -2.42. The van der Waals surface area contributed by atoms with Crippen LogP contribution in [0.3, 0.4) is 0 Å². The van der Waals surface area contributed by atoms with Crippen LogP contribution in [-0.2, 0) is 4.74 Å². The third-order valence-electron chi connectivity index (χ3n) is 3.57. The average molecular weight is 255 g/mol. The molecule has 0 amide bonds. The van der Waals surface area contributed by atoms with Gasteiger partial charge in [-0.3, -0.25) is 4.57 Å². The second kappa shape index (κ2) is 4.34. The number of nitrogen functional groups attached to an aromatic ring is 1. The number of nitrogens with zero attached hydrogens (tertiary/aromatic N) is 2. The third-order valence-corrected chi connectivity index (χ3v) is 3.57. The van der Waals surface area contributed by atoms with E-state index in [-0.39, 0.29) is 18.3 Å². The van der Waals surface area contributed by atoms with Crippen LogP contribution in [0.1, 0.15) is 20.1 Å². The van der Waals surface area contributed by atoms with E-state index < -0.39 is 23.6 Å². The SMILES string of the molecule is CC1[C@@H](CO)O[C@@H](n2ccc(N)nc2=O)C1(C)O. The van der Waals surface area contributed by atoms with Gasteiger partial charge in [-0.15, -0.1) is 0 Å². The molecule has 2 rings (SSSR count). The molecule has 1 aromatic rings. The van der Waals surface area contributed by atoms with E-state index in [1.54, 1.807) is 13.8 Å². The highest BCUT2D eigenvalue weighted by atomic mass is 16.5. The summed E-state index contributed by atoms with van der Waals surface area (Å²) in [7, 11) is 0. The van der Waals surface area contributed by atoms with E-state index in [4.69, 9.17) is 10.5 Å². The Kier molecular flexibility index (Phi) is 3.14. The zero-order valence-electron chi connectivity index (χ0n) is 10.3. The van der Waals surface area contributed by atoms with Crippen LogP contribution in [0.15, 0.2) is 17.1 Å². The van der Waals surface area contributed by atoms with Crippen molar-refractivity contribution in [3.63, 3.8) is 0 Å². The molecule has 1 aromatic heterocycles. The molecule has 7 heteroatoms. The van der Waals surface area contributed by atoms with Gasteiger partial charge in [-0.1, -0.05) is 6.92 Å². The number of aromatic nitrogens is 2. The highest BCUT2D eigenvalue weighted by Gasteiger charge is 2.51. The van der Waals surface area contributed by atoms with E-state index >= 15 is 0 Å². The maximum absolute atomic E-state index is 11.7. The van der Waals surface area contributed by atoms with Gasteiger partial charge in [0.15, 0.2) is 6.23 Å². The number of aliphatic hydroxyl groups excluding tert-OH is 1. The highest BCUT2D eigenvalue weighted by Crippen LogP contribution is 2.41. The van der Waals surface area contributed by atoms with E-state index in [1.165, 1.54) is 16.8 Å². The molecule has 4 atom stereocenters. The van der Waals surface area contributed by atoms with E-state index in [1.807, 2.05) is 0 Å². The van der Waals surface area contributed by atoms with Gasteiger partial charge in [0.25, 0.3) is 0 Å². The zero-order chi connectivity index (χ0) is 13.5. The maximum atomic E-state index is 11.7. The van der Waals surface area contributed by atoms with Gasteiger partial charge < -0.3 is 20.7 Å². The molecule has 0 saturated carbocycles. The molecule has 1 aliphatic heterocycles. The summed E-state index contributed by atoms with van der Waals surface area (Å²) in [4.78, 5) is 15.3. The lowest BCUT2D eigenvalue weighted by molar-refractivity contribution is -0.0917. The summed E-state index contributed by atoms with van der Waals surface area (Å²) >= 11 is 0. The first-order valence-electron chi connectivity index (χ1n) is 5.71. The van der Waals surface area contributed by atoms with Gasteiger partial charge in [0.1, 0.15) is 11.4 Å². The van der Waals surface area contributed by atoms with Crippen LogP contribution in [0, 0.1) is 5.92 Å². The van der Waals surface area contributed by atoms with Crippen molar-refractivity contribution in [2.24, 2.45) is 5.92 Å². The normalized spacial score (nSPS) is 35.9. The predicted molar refractivity (Wildman–Crippen MR) is 63.7 cm³/mol. The summed E-state index contributed by atoms with van der Waals surface area (Å²) in [5.74, 6) is -0.197. The molecule has 1 saturated heterocycles. The van der Waals surface area contributed by atoms with Crippen molar-refractivity contribution < 1.29 is 14.9 Å². The minimum absolute atomic E-state index is 0.112. The van der Waals surface area contributed by atoms with Crippen molar-refractivity contribution >= 4 is 5.82 Å². The van der Waals surface area contributed by atoms with Crippen LogP contribution >= 0.6 is 0 Å². The van der Waals surface area contributed by atoms with Gasteiger partial charge in [-0.05, 0) is 13.0 Å². The first-order valence-corrected chi connectivity index (χ1v) is 5.71. The van der Waals surface area contributed by atoms with Crippen LogP contribution in [0.5, 0.6) is 0 Å². The van der Waals surface area contributed by atoms with Crippen LogP contribution in [-0.4, -0.2) is 38.1 Å². The molecule has 0 aromatic carbocycles.